The second-order valence-electron chi connectivity index (χ2n) is 3.58. The van der Waals surface area contributed by atoms with Crippen molar-refractivity contribution in [3.63, 3.8) is 0 Å². The predicted molar refractivity (Wildman–Crippen MR) is 55.6 cm³/mol. The van der Waals surface area contributed by atoms with Gasteiger partial charge in [-0.3, -0.25) is 9.59 Å². The summed E-state index contributed by atoms with van der Waals surface area (Å²) in [6, 6.07) is 0. The Morgan fingerprint density at radius 1 is 1.28 bits per heavy atom. The summed E-state index contributed by atoms with van der Waals surface area (Å²) in [5.74, 6) is -1.43. The number of halogens is 3. The van der Waals surface area contributed by atoms with Crippen LogP contribution in [0.2, 0.25) is 0 Å². The first-order valence-electron chi connectivity index (χ1n) is 5.32. The monoisotopic (exact) mass is 271 g/mol. The van der Waals surface area contributed by atoms with E-state index >= 15 is 0 Å². The molecule has 0 fully saturated rings. The Morgan fingerprint density at radius 3 is 2.33 bits per heavy atom. The van der Waals surface area contributed by atoms with E-state index in [2.05, 4.69) is 4.74 Å². The van der Waals surface area contributed by atoms with Crippen molar-refractivity contribution in [2.24, 2.45) is 0 Å². The summed E-state index contributed by atoms with van der Waals surface area (Å²) >= 11 is 0. The van der Waals surface area contributed by atoms with Crippen molar-refractivity contribution >= 4 is 11.9 Å². The highest BCUT2D eigenvalue weighted by molar-refractivity contribution is 5.77. The maximum atomic E-state index is 12.2. The second kappa shape index (κ2) is 7.91. The smallest absolute Gasteiger partial charge is 0.406 e. The molecule has 0 saturated heterocycles. The zero-order valence-corrected chi connectivity index (χ0v) is 10.00. The number of esters is 1. The van der Waals surface area contributed by atoms with Crippen LogP contribution in [0.5, 0.6) is 0 Å². The Bertz CT molecular complexity index is 281. The summed E-state index contributed by atoms with van der Waals surface area (Å²) in [4.78, 5) is 22.8. The highest BCUT2D eigenvalue weighted by Gasteiger charge is 2.32. The molecule has 5 nitrogen and oxygen atoms in total. The zero-order valence-electron chi connectivity index (χ0n) is 10.00. The number of nitrogens with zero attached hydrogens (tertiary/aromatic N) is 1. The molecule has 0 aromatic rings. The number of aliphatic hydroxyl groups is 1. The largest absolute Gasteiger partial charge is 0.469 e. The van der Waals surface area contributed by atoms with E-state index in [0.717, 1.165) is 7.11 Å². The highest BCUT2D eigenvalue weighted by Crippen LogP contribution is 2.17. The van der Waals surface area contributed by atoms with E-state index in [-0.39, 0.29) is 32.4 Å². The van der Waals surface area contributed by atoms with E-state index in [1.54, 1.807) is 0 Å². The van der Waals surface area contributed by atoms with Gasteiger partial charge < -0.3 is 14.7 Å². The minimum atomic E-state index is -4.52. The van der Waals surface area contributed by atoms with E-state index in [1.165, 1.54) is 0 Å². The van der Waals surface area contributed by atoms with Gasteiger partial charge in [0.25, 0.3) is 0 Å². The SMILES string of the molecule is COC(=O)CCN(CC(F)(F)F)C(=O)CCCO. The number of hydrogen-bond donors (Lipinski definition) is 1. The number of rotatable bonds is 7. The first-order chi connectivity index (χ1) is 8.30. The molecule has 0 aromatic heterocycles. The molecule has 0 aliphatic heterocycles. The molecule has 0 saturated carbocycles. The van der Waals surface area contributed by atoms with Crippen LogP contribution in [-0.2, 0) is 14.3 Å². The molecule has 1 amide bonds. The summed E-state index contributed by atoms with van der Waals surface area (Å²) < 4.78 is 41.0. The lowest BCUT2D eigenvalue weighted by Gasteiger charge is -2.23. The number of hydrogen-bond acceptors (Lipinski definition) is 4. The van der Waals surface area contributed by atoms with Crippen molar-refractivity contribution < 1.29 is 32.6 Å². The first kappa shape index (κ1) is 16.7. The van der Waals surface area contributed by atoms with Crippen LogP contribution in [0.15, 0.2) is 0 Å². The molecule has 8 heteroatoms. The lowest BCUT2D eigenvalue weighted by Crippen LogP contribution is -2.40. The lowest BCUT2D eigenvalue weighted by molar-refractivity contribution is -0.162. The fraction of sp³-hybridized carbons (Fsp3) is 0.800. The van der Waals surface area contributed by atoms with Crippen molar-refractivity contribution in [1.29, 1.82) is 0 Å². The molecule has 0 radical (unpaired) electrons. The number of carbonyl (C=O) groups is 2. The van der Waals surface area contributed by atoms with E-state index in [9.17, 15) is 22.8 Å². The summed E-state index contributed by atoms with van der Waals surface area (Å²) in [7, 11) is 1.12. The van der Waals surface area contributed by atoms with E-state index in [1.807, 2.05) is 0 Å². The summed E-state index contributed by atoms with van der Waals surface area (Å²) in [5, 5.41) is 8.52. The third kappa shape index (κ3) is 7.88. The van der Waals surface area contributed by atoms with Crippen LogP contribution in [-0.4, -0.2) is 54.9 Å². The number of methoxy groups -OCH3 is 1. The van der Waals surface area contributed by atoms with Gasteiger partial charge in [-0.1, -0.05) is 0 Å². The number of carbonyl (C=O) groups excluding carboxylic acids is 2. The van der Waals surface area contributed by atoms with Crippen molar-refractivity contribution in [2.45, 2.75) is 25.4 Å². The molecule has 0 aliphatic carbocycles. The molecule has 0 aliphatic rings. The van der Waals surface area contributed by atoms with Crippen LogP contribution in [0.3, 0.4) is 0 Å². The van der Waals surface area contributed by atoms with Crippen LogP contribution < -0.4 is 0 Å². The lowest BCUT2D eigenvalue weighted by atomic mass is 10.2. The maximum absolute atomic E-state index is 12.2. The van der Waals surface area contributed by atoms with Crippen molar-refractivity contribution in [3.8, 4) is 0 Å². The van der Waals surface area contributed by atoms with Gasteiger partial charge in [0.15, 0.2) is 0 Å². The van der Waals surface area contributed by atoms with Gasteiger partial charge in [-0.05, 0) is 6.42 Å². The topological polar surface area (TPSA) is 66.8 Å². The Hall–Kier alpha value is -1.31. The molecule has 0 bridgehead atoms. The molecule has 0 rings (SSSR count). The van der Waals surface area contributed by atoms with Crippen LogP contribution in [0, 0.1) is 0 Å². The first-order valence-corrected chi connectivity index (χ1v) is 5.32. The molecule has 0 aromatic carbocycles. The molecule has 1 N–H and O–H groups in total. The molecule has 0 spiro atoms. The average Bonchev–Trinajstić information content (AvgIpc) is 2.29. The number of aliphatic hydroxyl groups excluding tert-OH is 1. The molecule has 106 valence electrons. The fourth-order valence-electron chi connectivity index (χ4n) is 1.23. The quantitative estimate of drug-likeness (QED) is 0.693. The van der Waals surface area contributed by atoms with Gasteiger partial charge in [0, 0.05) is 19.6 Å². The Kier molecular flexibility index (Phi) is 7.33. The summed E-state index contributed by atoms with van der Waals surface area (Å²) in [5.41, 5.74) is 0. The number of amides is 1. The number of alkyl halides is 3. The molecular formula is C10H16F3NO4. The molecule has 0 atom stereocenters. The minimum absolute atomic E-state index is 0.0887. The summed E-state index contributed by atoms with van der Waals surface area (Å²) in [6.07, 6.45) is -4.92. The Morgan fingerprint density at radius 2 is 1.89 bits per heavy atom. The standard InChI is InChI=1S/C10H16F3NO4/c1-18-9(17)4-5-14(7-10(11,12)13)8(16)3-2-6-15/h15H,2-7H2,1H3. The zero-order chi connectivity index (χ0) is 14.2. The van der Waals surface area contributed by atoms with E-state index in [4.69, 9.17) is 5.11 Å². The van der Waals surface area contributed by atoms with Gasteiger partial charge >= 0.3 is 12.1 Å². The van der Waals surface area contributed by atoms with Crippen LogP contribution in [0.25, 0.3) is 0 Å². The highest BCUT2D eigenvalue weighted by atomic mass is 19.4. The molecule has 0 heterocycles. The van der Waals surface area contributed by atoms with Gasteiger partial charge in [0.2, 0.25) is 5.91 Å². The fourth-order valence-corrected chi connectivity index (χ4v) is 1.23. The van der Waals surface area contributed by atoms with E-state index < -0.39 is 24.6 Å². The van der Waals surface area contributed by atoms with Gasteiger partial charge in [-0.15, -0.1) is 0 Å². The second-order valence-corrected chi connectivity index (χ2v) is 3.58. The third-order valence-electron chi connectivity index (χ3n) is 2.09. The van der Waals surface area contributed by atoms with Gasteiger partial charge in [0.05, 0.1) is 13.5 Å². The van der Waals surface area contributed by atoms with Crippen LogP contribution in [0.4, 0.5) is 13.2 Å². The van der Waals surface area contributed by atoms with Crippen LogP contribution in [0.1, 0.15) is 19.3 Å². The van der Waals surface area contributed by atoms with Gasteiger partial charge in [-0.2, -0.15) is 13.2 Å². The molecular weight excluding hydrogens is 255 g/mol. The maximum Gasteiger partial charge on any atom is 0.406 e. The van der Waals surface area contributed by atoms with Crippen molar-refractivity contribution in [3.05, 3.63) is 0 Å². The Balaban J connectivity index is 4.41. The van der Waals surface area contributed by atoms with E-state index in [0.29, 0.717) is 4.90 Å². The van der Waals surface area contributed by atoms with Crippen molar-refractivity contribution in [1.82, 2.24) is 4.90 Å². The average molecular weight is 271 g/mol. The summed E-state index contributed by atoms with van der Waals surface area (Å²) in [6.45, 7) is -2.03. The van der Waals surface area contributed by atoms with Gasteiger partial charge in [0.1, 0.15) is 6.54 Å². The minimum Gasteiger partial charge on any atom is -0.469 e. The third-order valence-corrected chi connectivity index (χ3v) is 2.09. The normalized spacial score (nSPS) is 11.2. The number of ether oxygens (including phenoxy) is 1. The molecule has 0 unspecified atom stereocenters. The predicted octanol–water partition coefficient (Wildman–Crippen LogP) is 0.713. The molecule has 18 heavy (non-hydrogen) atoms. The van der Waals surface area contributed by atoms with Crippen molar-refractivity contribution in [2.75, 3.05) is 26.8 Å². The van der Waals surface area contributed by atoms with Crippen LogP contribution >= 0.6 is 0 Å². The van der Waals surface area contributed by atoms with Gasteiger partial charge in [-0.25, -0.2) is 0 Å². The Labute approximate surface area is 103 Å².